The molecule has 3 aromatic rings. The van der Waals surface area contributed by atoms with Crippen LogP contribution >= 0.6 is 0 Å². The molecule has 1 aliphatic heterocycles. The van der Waals surface area contributed by atoms with E-state index in [1.807, 2.05) is 0 Å². The molecule has 1 aliphatic rings. The first kappa shape index (κ1) is 23.7. The van der Waals surface area contributed by atoms with Crippen LogP contribution in [0.4, 0.5) is 24.7 Å². The van der Waals surface area contributed by atoms with Gasteiger partial charge in [-0.25, -0.2) is 23.1 Å². The van der Waals surface area contributed by atoms with E-state index in [4.69, 9.17) is 9.47 Å². The van der Waals surface area contributed by atoms with Gasteiger partial charge in [0.15, 0.2) is 6.61 Å². The zero-order valence-corrected chi connectivity index (χ0v) is 19.3. The molecule has 180 valence electrons. The van der Waals surface area contributed by atoms with Crippen molar-refractivity contribution < 1.29 is 27.4 Å². The van der Waals surface area contributed by atoms with Gasteiger partial charge in [0.1, 0.15) is 23.2 Å². The summed E-state index contributed by atoms with van der Waals surface area (Å²) in [5, 5.41) is 3.71. The van der Waals surface area contributed by atoms with E-state index < -0.39 is 23.3 Å². The molecule has 0 bridgehead atoms. The van der Waals surface area contributed by atoms with Crippen molar-refractivity contribution in [3.63, 3.8) is 0 Å². The summed E-state index contributed by atoms with van der Waals surface area (Å²) in [6.45, 7) is 4.63. The van der Waals surface area contributed by atoms with Crippen molar-refractivity contribution in [2.45, 2.75) is 32.7 Å². The first-order chi connectivity index (χ1) is 16.1. The van der Waals surface area contributed by atoms with Gasteiger partial charge >= 0.3 is 0 Å². The van der Waals surface area contributed by atoms with Crippen LogP contribution in [0.2, 0.25) is 0 Å². The van der Waals surface area contributed by atoms with Crippen LogP contribution in [0.15, 0.2) is 30.3 Å². The zero-order chi connectivity index (χ0) is 24.6. The number of alkyl halides is 2. The highest BCUT2D eigenvalue weighted by Crippen LogP contribution is 2.39. The molecule has 0 fully saturated rings. The number of anilines is 2. The first-order valence-electron chi connectivity index (χ1n) is 10.8. The van der Waals surface area contributed by atoms with Crippen molar-refractivity contribution in [2.24, 2.45) is 0 Å². The lowest BCUT2D eigenvalue weighted by molar-refractivity contribution is -0.121. The second-order valence-electron chi connectivity index (χ2n) is 8.25. The predicted molar refractivity (Wildman–Crippen MR) is 122 cm³/mol. The van der Waals surface area contributed by atoms with Crippen molar-refractivity contribution in [1.29, 1.82) is 0 Å². The predicted octanol–water partition coefficient (Wildman–Crippen LogP) is 4.73. The number of rotatable bonds is 7. The number of ether oxygens (including phenoxy) is 2. The molecular formula is C24H25F3N4O3. The third-order valence-electron chi connectivity index (χ3n) is 5.67. The van der Waals surface area contributed by atoms with E-state index in [0.717, 1.165) is 6.07 Å². The van der Waals surface area contributed by atoms with Gasteiger partial charge in [-0.05, 0) is 19.9 Å². The number of benzene rings is 2. The fourth-order valence-electron chi connectivity index (χ4n) is 3.98. The van der Waals surface area contributed by atoms with Gasteiger partial charge in [-0.15, -0.1) is 0 Å². The molecule has 4 rings (SSSR count). The quantitative estimate of drug-likeness (QED) is 0.534. The molecule has 34 heavy (non-hydrogen) atoms. The van der Waals surface area contributed by atoms with E-state index in [-0.39, 0.29) is 18.1 Å². The Hall–Kier alpha value is -3.40. The monoisotopic (exact) mass is 474 g/mol. The fourth-order valence-corrected chi connectivity index (χ4v) is 3.98. The van der Waals surface area contributed by atoms with Crippen LogP contribution in [0, 0.1) is 12.7 Å². The molecule has 1 atom stereocenters. The van der Waals surface area contributed by atoms with E-state index in [2.05, 4.69) is 15.3 Å². The van der Waals surface area contributed by atoms with Gasteiger partial charge in [0.05, 0.1) is 29.4 Å². The smallest absolute Gasteiger partial charge is 0.273 e. The molecule has 10 heteroatoms. The highest BCUT2D eigenvalue weighted by Gasteiger charge is 2.31. The molecule has 0 unspecified atom stereocenters. The number of fused-ring (bicyclic) bond motifs is 2. The molecule has 0 saturated heterocycles. The standard InChI is InChI=1S/C24H25F3N4O3/c1-13(15-6-5-7-17(22(15)25)24(3,26)27)28-23-16-10-19-20(11-18(16)29-14(2)30-23)34-12-21(32)31(19)8-9-33-4/h5-7,10-11,13H,8-9,12H2,1-4H3,(H,28,29,30)/t13-/m1/s1. The van der Waals surface area contributed by atoms with Crippen molar-refractivity contribution in [1.82, 2.24) is 9.97 Å². The normalized spacial score (nSPS) is 14.7. The minimum atomic E-state index is -3.31. The molecule has 1 N–H and O–H groups in total. The number of methoxy groups -OCH3 is 1. The molecule has 0 saturated carbocycles. The Labute approximate surface area is 194 Å². The first-order valence-corrected chi connectivity index (χ1v) is 10.8. The number of hydrogen-bond donors (Lipinski definition) is 1. The highest BCUT2D eigenvalue weighted by atomic mass is 19.3. The SMILES string of the molecule is COCCN1C(=O)COc2cc3nc(C)nc(N[C@H](C)c4cccc(C(C)(F)F)c4F)c3cc21. The second-order valence-corrected chi connectivity index (χ2v) is 8.25. The van der Waals surface area contributed by atoms with E-state index in [9.17, 15) is 18.0 Å². The Morgan fingerprint density at radius 1 is 1.29 bits per heavy atom. The summed E-state index contributed by atoms with van der Waals surface area (Å²) in [4.78, 5) is 22.9. The third-order valence-corrected chi connectivity index (χ3v) is 5.67. The summed E-state index contributed by atoms with van der Waals surface area (Å²) in [7, 11) is 1.55. The van der Waals surface area contributed by atoms with E-state index in [0.29, 0.717) is 54.1 Å². The summed E-state index contributed by atoms with van der Waals surface area (Å²) in [5.41, 5.74) is 0.529. The summed E-state index contributed by atoms with van der Waals surface area (Å²) in [6, 6.07) is 6.71. The molecule has 2 heterocycles. The number of carbonyl (C=O) groups is 1. The average Bonchev–Trinajstić information content (AvgIpc) is 2.76. The lowest BCUT2D eigenvalue weighted by atomic mass is 10.0. The third kappa shape index (κ3) is 4.50. The lowest BCUT2D eigenvalue weighted by Crippen LogP contribution is -2.40. The van der Waals surface area contributed by atoms with Crippen molar-refractivity contribution in [3.05, 3.63) is 53.1 Å². The number of hydrogen-bond acceptors (Lipinski definition) is 6. The number of nitrogens with zero attached hydrogens (tertiary/aromatic N) is 3. The molecular weight excluding hydrogens is 449 g/mol. The maximum absolute atomic E-state index is 14.9. The van der Waals surface area contributed by atoms with Gasteiger partial charge in [-0.2, -0.15) is 0 Å². The van der Waals surface area contributed by atoms with E-state index in [1.165, 1.54) is 12.1 Å². The van der Waals surface area contributed by atoms with Crippen LogP contribution in [0.3, 0.4) is 0 Å². The molecule has 2 aromatic carbocycles. The Kier molecular flexibility index (Phi) is 6.35. The second kappa shape index (κ2) is 9.09. The fraction of sp³-hybridized carbons (Fsp3) is 0.375. The van der Waals surface area contributed by atoms with Gasteiger partial charge < -0.3 is 19.7 Å². The van der Waals surface area contributed by atoms with Crippen LogP contribution in [-0.2, 0) is 15.5 Å². The van der Waals surface area contributed by atoms with Crippen molar-refractivity contribution in [2.75, 3.05) is 37.1 Å². The molecule has 0 spiro atoms. The zero-order valence-electron chi connectivity index (χ0n) is 19.3. The van der Waals surface area contributed by atoms with Gasteiger partial charge in [0.25, 0.3) is 11.8 Å². The van der Waals surface area contributed by atoms with Crippen LogP contribution in [0.25, 0.3) is 10.9 Å². The topological polar surface area (TPSA) is 76.6 Å². The van der Waals surface area contributed by atoms with Gasteiger partial charge in [-0.3, -0.25) is 4.79 Å². The average molecular weight is 474 g/mol. The number of nitrogens with one attached hydrogen (secondary N) is 1. The van der Waals surface area contributed by atoms with E-state index in [1.54, 1.807) is 38.0 Å². The number of amides is 1. The number of aryl methyl sites for hydroxylation is 1. The van der Waals surface area contributed by atoms with Crippen LogP contribution < -0.4 is 15.0 Å². The summed E-state index contributed by atoms with van der Waals surface area (Å²) < 4.78 is 53.3. The molecule has 0 aliphatic carbocycles. The minimum absolute atomic E-state index is 0.0848. The molecule has 7 nitrogen and oxygen atoms in total. The lowest BCUT2D eigenvalue weighted by Gasteiger charge is -2.29. The van der Waals surface area contributed by atoms with Gasteiger partial charge in [0.2, 0.25) is 0 Å². The maximum Gasteiger partial charge on any atom is 0.273 e. The Balaban J connectivity index is 1.76. The van der Waals surface area contributed by atoms with Crippen molar-refractivity contribution >= 4 is 28.3 Å². The van der Waals surface area contributed by atoms with Gasteiger partial charge in [-0.1, -0.05) is 18.2 Å². The van der Waals surface area contributed by atoms with Gasteiger partial charge in [0, 0.05) is 37.6 Å². The molecule has 1 amide bonds. The van der Waals surface area contributed by atoms with Crippen LogP contribution in [-0.4, -0.2) is 42.7 Å². The van der Waals surface area contributed by atoms with E-state index >= 15 is 0 Å². The van der Waals surface area contributed by atoms with Crippen molar-refractivity contribution in [3.8, 4) is 5.75 Å². The molecule has 0 radical (unpaired) electrons. The summed E-state index contributed by atoms with van der Waals surface area (Å²) >= 11 is 0. The summed E-state index contributed by atoms with van der Waals surface area (Å²) in [6.07, 6.45) is 0. The Morgan fingerprint density at radius 2 is 2.06 bits per heavy atom. The largest absolute Gasteiger partial charge is 0.481 e. The highest BCUT2D eigenvalue weighted by molar-refractivity contribution is 6.02. The summed E-state index contributed by atoms with van der Waals surface area (Å²) in [5.74, 6) is -3.14. The molecule has 1 aromatic heterocycles. The van der Waals surface area contributed by atoms with Crippen LogP contribution in [0.1, 0.15) is 36.8 Å². The number of aromatic nitrogens is 2. The minimum Gasteiger partial charge on any atom is -0.481 e. The van der Waals surface area contributed by atoms with Crippen LogP contribution in [0.5, 0.6) is 5.75 Å². The maximum atomic E-state index is 14.9. The number of carbonyl (C=O) groups excluding carboxylic acids is 1. The Bertz CT molecular complexity index is 1250. The number of halogens is 3. The Morgan fingerprint density at radius 3 is 2.76 bits per heavy atom.